The third-order valence-corrected chi connectivity index (χ3v) is 3.15. The Morgan fingerprint density at radius 2 is 1.94 bits per heavy atom. The van der Waals surface area contributed by atoms with E-state index in [9.17, 15) is 0 Å². The minimum Gasteiger partial charge on any atom is -0.314 e. The van der Waals surface area contributed by atoms with Crippen LogP contribution < -0.4 is 5.32 Å². The summed E-state index contributed by atoms with van der Waals surface area (Å²) in [5.41, 5.74) is 4.28. The summed E-state index contributed by atoms with van der Waals surface area (Å²) >= 11 is 0. The van der Waals surface area contributed by atoms with Crippen molar-refractivity contribution in [1.82, 2.24) is 5.32 Å². The van der Waals surface area contributed by atoms with Crippen LogP contribution in [0.15, 0.2) is 18.2 Å². The maximum Gasteiger partial charge on any atom is 0.0105 e. The van der Waals surface area contributed by atoms with Gasteiger partial charge < -0.3 is 5.32 Å². The number of hydrogen-bond donors (Lipinski definition) is 1. The zero-order valence-corrected chi connectivity index (χ0v) is 11.1. The first kappa shape index (κ1) is 13.2. The van der Waals surface area contributed by atoms with Crippen molar-refractivity contribution in [2.24, 2.45) is 0 Å². The van der Waals surface area contributed by atoms with Crippen molar-refractivity contribution in [2.75, 3.05) is 6.54 Å². The summed E-state index contributed by atoms with van der Waals surface area (Å²) in [6.07, 6.45) is 3.57. The zero-order valence-electron chi connectivity index (χ0n) is 11.1. The molecule has 1 nitrogen and oxygen atoms in total. The van der Waals surface area contributed by atoms with Crippen LogP contribution in [0.4, 0.5) is 0 Å². The van der Waals surface area contributed by atoms with Gasteiger partial charge in [-0.3, -0.25) is 0 Å². The van der Waals surface area contributed by atoms with Crippen LogP contribution in [-0.4, -0.2) is 12.6 Å². The third kappa shape index (κ3) is 3.97. The van der Waals surface area contributed by atoms with Crippen LogP contribution in [0.3, 0.4) is 0 Å². The third-order valence-electron chi connectivity index (χ3n) is 3.15. The fourth-order valence-electron chi connectivity index (χ4n) is 1.99. The molecule has 0 aliphatic heterocycles. The summed E-state index contributed by atoms with van der Waals surface area (Å²) in [5.74, 6) is 0. The van der Waals surface area contributed by atoms with E-state index in [1.807, 2.05) is 0 Å². The summed E-state index contributed by atoms with van der Waals surface area (Å²) in [6.45, 7) is 9.99. The van der Waals surface area contributed by atoms with E-state index in [2.05, 4.69) is 51.2 Å². The first-order valence-electron chi connectivity index (χ1n) is 6.46. The molecule has 0 aromatic heterocycles. The Kier molecular flexibility index (Phi) is 5.54. The van der Waals surface area contributed by atoms with E-state index in [4.69, 9.17) is 0 Å². The molecule has 0 heterocycles. The molecule has 0 radical (unpaired) electrons. The molecule has 0 aliphatic rings. The topological polar surface area (TPSA) is 12.0 Å². The number of rotatable bonds is 6. The highest BCUT2D eigenvalue weighted by molar-refractivity contribution is 5.31. The van der Waals surface area contributed by atoms with Crippen LogP contribution in [0.5, 0.6) is 0 Å². The second-order valence-electron chi connectivity index (χ2n) is 4.69. The van der Waals surface area contributed by atoms with E-state index in [1.165, 1.54) is 29.5 Å². The molecule has 1 aromatic rings. The molecule has 0 fully saturated rings. The molecule has 0 saturated heterocycles. The smallest absolute Gasteiger partial charge is 0.0105 e. The zero-order chi connectivity index (χ0) is 12.0. The molecular weight excluding hydrogens is 194 g/mol. The number of nitrogens with one attached hydrogen (secondary N) is 1. The Bertz CT molecular complexity index is 317. The van der Waals surface area contributed by atoms with Gasteiger partial charge in [0.15, 0.2) is 0 Å². The van der Waals surface area contributed by atoms with Crippen LogP contribution in [0.25, 0.3) is 0 Å². The van der Waals surface area contributed by atoms with Gasteiger partial charge in [-0.05, 0) is 50.8 Å². The van der Waals surface area contributed by atoms with E-state index < -0.39 is 0 Å². The summed E-state index contributed by atoms with van der Waals surface area (Å²) in [5, 5.41) is 3.61. The Labute approximate surface area is 100 Å². The van der Waals surface area contributed by atoms with Crippen molar-refractivity contribution >= 4 is 0 Å². The quantitative estimate of drug-likeness (QED) is 0.770. The first-order chi connectivity index (χ1) is 7.67. The average Bonchev–Trinajstić information content (AvgIpc) is 2.28. The van der Waals surface area contributed by atoms with Crippen molar-refractivity contribution in [1.29, 1.82) is 0 Å². The van der Waals surface area contributed by atoms with Gasteiger partial charge in [-0.25, -0.2) is 0 Å². The van der Waals surface area contributed by atoms with E-state index in [0.717, 1.165) is 13.0 Å². The Hall–Kier alpha value is -0.820. The molecule has 0 aliphatic carbocycles. The molecule has 16 heavy (non-hydrogen) atoms. The second kappa shape index (κ2) is 6.70. The normalized spacial score (nSPS) is 12.8. The Balaban J connectivity index is 2.65. The Morgan fingerprint density at radius 3 is 2.56 bits per heavy atom. The van der Waals surface area contributed by atoms with Crippen LogP contribution >= 0.6 is 0 Å². The maximum atomic E-state index is 3.61. The van der Waals surface area contributed by atoms with Gasteiger partial charge >= 0.3 is 0 Å². The van der Waals surface area contributed by atoms with Crippen LogP contribution in [0.1, 0.15) is 43.4 Å². The van der Waals surface area contributed by atoms with Gasteiger partial charge in [-0.15, -0.1) is 0 Å². The first-order valence-corrected chi connectivity index (χ1v) is 6.46. The lowest BCUT2D eigenvalue weighted by atomic mass is 9.98. The van der Waals surface area contributed by atoms with Gasteiger partial charge in [-0.2, -0.15) is 0 Å². The minimum atomic E-state index is 0.625. The molecular formula is C15H25N. The van der Waals surface area contributed by atoms with Gasteiger partial charge in [0, 0.05) is 6.04 Å². The predicted molar refractivity (Wildman–Crippen MR) is 72.0 cm³/mol. The van der Waals surface area contributed by atoms with E-state index >= 15 is 0 Å². The number of benzene rings is 1. The largest absolute Gasteiger partial charge is 0.314 e. The predicted octanol–water partition coefficient (Wildman–Crippen LogP) is 3.62. The number of hydrogen-bond acceptors (Lipinski definition) is 1. The maximum absolute atomic E-state index is 3.61. The van der Waals surface area contributed by atoms with Crippen LogP contribution in [-0.2, 0) is 6.42 Å². The fourth-order valence-corrected chi connectivity index (χ4v) is 1.99. The van der Waals surface area contributed by atoms with Crippen molar-refractivity contribution in [3.63, 3.8) is 0 Å². The van der Waals surface area contributed by atoms with Crippen molar-refractivity contribution in [2.45, 2.75) is 53.0 Å². The molecule has 0 spiro atoms. The van der Waals surface area contributed by atoms with E-state index in [-0.39, 0.29) is 0 Å². The molecule has 1 N–H and O–H groups in total. The molecule has 1 heteroatoms. The molecule has 0 amide bonds. The Morgan fingerprint density at radius 1 is 1.19 bits per heavy atom. The molecule has 0 bridgehead atoms. The van der Waals surface area contributed by atoms with E-state index in [0.29, 0.717) is 6.04 Å². The minimum absolute atomic E-state index is 0.625. The van der Waals surface area contributed by atoms with Crippen molar-refractivity contribution in [3.8, 4) is 0 Å². The molecule has 1 rings (SSSR count). The molecule has 90 valence electrons. The van der Waals surface area contributed by atoms with Gasteiger partial charge in [-0.1, -0.05) is 37.6 Å². The van der Waals surface area contributed by atoms with Crippen LogP contribution in [0.2, 0.25) is 0 Å². The van der Waals surface area contributed by atoms with Crippen molar-refractivity contribution in [3.05, 3.63) is 34.9 Å². The second-order valence-corrected chi connectivity index (χ2v) is 4.69. The lowest BCUT2D eigenvalue weighted by molar-refractivity contribution is 0.494. The van der Waals surface area contributed by atoms with Crippen molar-refractivity contribution < 1.29 is 0 Å². The highest BCUT2D eigenvalue weighted by Crippen LogP contribution is 2.14. The molecule has 1 aromatic carbocycles. The summed E-state index contributed by atoms with van der Waals surface area (Å²) in [6, 6.07) is 7.38. The lowest BCUT2D eigenvalue weighted by Gasteiger charge is -2.18. The summed E-state index contributed by atoms with van der Waals surface area (Å²) in [4.78, 5) is 0. The van der Waals surface area contributed by atoms with Crippen LogP contribution in [0, 0.1) is 13.8 Å². The summed E-state index contributed by atoms with van der Waals surface area (Å²) in [7, 11) is 0. The monoisotopic (exact) mass is 219 g/mol. The average molecular weight is 219 g/mol. The van der Waals surface area contributed by atoms with Gasteiger partial charge in [0.1, 0.15) is 0 Å². The van der Waals surface area contributed by atoms with Gasteiger partial charge in [0.05, 0.1) is 0 Å². The number of aryl methyl sites for hydroxylation is 2. The lowest BCUT2D eigenvalue weighted by Crippen LogP contribution is -2.31. The highest BCUT2D eigenvalue weighted by Gasteiger charge is 2.08. The highest BCUT2D eigenvalue weighted by atomic mass is 14.9. The molecule has 0 saturated carbocycles. The summed E-state index contributed by atoms with van der Waals surface area (Å²) < 4.78 is 0. The molecule has 1 unspecified atom stereocenters. The van der Waals surface area contributed by atoms with Gasteiger partial charge in [0.2, 0.25) is 0 Å². The molecule has 1 atom stereocenters. The SMILES string of the molecule is CCCNC(CC)Cc1cc(C)ccc1C. The fraction of sp³-hybridized carbons (Fsp3) is 0.600. The standard InChI is InChI=1S/C15H25N/c1-5-9-16-15(6-2)11-14-10-12(3)7-8-13(14)4/h7-8,10,15-16H,5-6,9,11H2,1-4H3. The van der Waals surface area contributed by atoms with Gasteiger partial charge in [0.25, 0.3) is 0 Å². The van der Waals surface area contributed by atoms with E-state index in [1.54, 1.807) is 0 Å².